The lowest BCUT2D eigenvalue weighted by Crippen LogP contribution is -2.18. The summed E-state index contributed by atoms with van der Waals surface area (Å²) < 4.78 is 5.29. The van der Waals surface area contributed by atoms with Gasteiger partial charge in [-0.3, -0.25) is 4.79 Å². The first kappa shape index (κ1) is 21.2. The van der Waals surface area contributed by atoms with Gasteiger partial charge in [0.15, 0.2) is 0 Å². The predicted octanol–water partition coefficient (Wildman–Crippen LogP) is 5.47. The van der Waals surface area contributed by atoms with Crippen LogP contribution in [0.2, 0.25) is 0 Å². The molecule has 1 aliphatic carbocycles. The minimum absolute atomic E-state index is 0. The molecule has 0 spiro atoms. The van der Waals surface area contributed by atoms with Gasteiger partial charge in [0.1, 0.15) is 5.75 Å². The number of fused-ring (bicyclic) bond motifs is 1. The summed E-state index contributed by atoms with van der Waals surface area (Å²) in [7, 11) is 1.69. The summed E-state index contributed by atoms with van der Waals surface area (Å²) in [6.07, 6.45) is 2.04. The molecular formula is C24H27ClN2O2. The van der Waals surface area contributed by atoms with Crippen LogP contribution < -0.4 is 15.4 Å². The Labute approximate surface area is 178 Å². The normalized spacial score (nSPS) is 14.1. The number of halogens is 1. The lowest BCUT2D eigenvalue weighted by Gasteiger charge is -2.15. The van der Waals surface area contributed by atoms with Gasteiger partial charge in [0, 0.05) is 24.2 Å². The van der Waals surface area contributed by atoms with Crippen molar-refractivity contribution in [2.24, 2.45) is 5.92 Å². The number of ether oxygens (including phenoxy) is 1. The van der Waals surface area contributed by atoms with Crippen LogP contribution >= 0.6 is 12.4 Å². The Kier molecular flexibility index (Phi) is 6.78. The number of hydrogen-bond acceptors (Lipinski definition) is 3. The van der Waals surface area contributed by atoms with Crippen molar-refractivity contribution in [1.29, 1.82) is 0 Å². The van der Waals surface area contributed by atoms with Crippen LogP contribution in [-0.2, 0) is 11.3 Å². The second-order valence-electron chi connectivity index (χ2n) is 7.54. The molecule has 4 nitrogen and oxygen atoms in total. The Morgan fingerprint density at radius 2 is 1.72 bits per heavy atom. The highest BCUT2D eigenvalue weighted by Gasteiger charge is 2.29. The summed E-state index contributed by atoms with van der Waals surface area (Å²) in [5, 5.41) is 8.96. The first-order valence-corrected chi connectivity index (χ1v) is 9.83. The standard InChI is InChI=1S/C24H26N2O2.ClH/c1-16(18-7-10-22(11-8-18)26-24(27)19-5-6-19)25-15-17-3-4-21-14-23(28-2)12-9-20(21)13-17;/h3-4,7-14,16,19,25H,5-6,15H2,1-2H3,(H,26,27);1H. The largest absolute Gasteiger partial charge is 0.497 e. The number of benzene rings is 3. The highest BCUT2D eigenvalue weighted by molar-refractivity contribution is 5.94. The zero-order valence-electron chi connectivity index (χ0n) is 16.8. The molecule has 1 atom stereocenters. The van der Waals surface area contributed by atoms with Gasteiger partial charge in [0.2, 0.25) is 5.91 Å². The predicted molar refractivity (Wildman–Crippen MR) is 121 cm³/mol. The minimum Gasteiger partial charge on any atom is -0.497 e. The zero-order valence-corrected chi connectivity index (χ0v) is 17.6. The Morgan fingerprint density at radius 1 is 1.03 bits per heavy atom. The van der Waals surface area contributed by atoms with Gasteiger partial charge in [-0.15, -0.1) is 12.4 Å². The van der Waals surface area contributed by atoms with E-state index in [0.717, 1.165) is 30.8 Å². The molecule has 0 heterocycles. The second-order valence-corrected chi connectivity index (χ2v) is 7.54. The Hall–Kier alpha value is -2.56. The van der Waals surface area contributed by atoms with E-state index in [9.17, 15) is 4.79 Å². The molecule has 2 N–H and O–H groups in total. The van der Waals surface area contributed by atoms with Gasteiger partial charge in [0.05, 0.1) is 7.11 Å². The Balaban J connectivity index is 0.00000240. The van der Waals surface area contributed by atoms with Crippen molar-refractivity contribution in [3.8, 4) is 5.75 Å². The monoisotopic (exact) mass is 410 g/mol. The molecule has 5 heteroatoms. The van der Waals surface area contributed by atoms with Crippen molar-refractivity contribution in [3.63, 3.8) is 0 Å². The van der Waals surface area contributed by atoms with Crippen LogP contribution in [0.1, 0.15) is 36.9 Å². The van der Waals surface area contributed by atoms with Crippen LogP contribution in [0.4, 0.5) is 5.69 Å². The fraction of sp³-hybridized carbons (Fsp3) is 0.292. The molecule has 0 radical (unpaired) electrons. The number of methoxy groups -OCH3 is 1. The molecule has 4 rings (SSSR count). The van der Waals surface area contributed by atoms with Crippen LogP contribution in [0, 0.1) is 5.92 Å². The van der Waals surface area contributed by atoms with E-state index in [1.54, 1.807) is 7.11 Å². The summed E-state index contributed by atoms with van der Waals surface area (Å²) >= 11 is 0. The van der Waals surface area contributed by atoms with Gasteiger partial charge in [0.25, 0.3) is 0 Å². The third-order valence-electron chi connectivity index (χ3n) is 5.35. The van der Waals surface area contributed by atoms with Gasteiger partial charge in [-0.2, -0.15) is 0 Å². The number of rotatable bonds is 7. The third-order valence-corrected chi connectivity index (χ3v) is 5.35. The van der Waals surface area contributed by atoms with E-state index >= 15 is 0 Å². The average molecular weight is 411 g/mol. The van der Waals surface area contributed by atoms with Gasteiger partial charge in [-0.25, -0.2) is 0 Å². The Morgan fingerprint density at radius 3 is 2.41 bits per heavy atom. The molecule has 29 heavy (non-hydrogen) atoms. The summed E-state index contributed by atoms with van der Waals surface area (Å²) in [4.78, 5) is 11.9. The number of carbonyl (C=O) groups is 1. The maximum atomic E-state index is 11.9. The van der Waals surface area contributed by atoms with Crippen LogP contribution in [0.15, 0.2) is 60.7 Å². The third kappa shape index (κ3) is 5.28. The molecule has 1 aliphatic rings. The van der Waals surface area contributed by atoms with E-state index in [0.29, 0.717) is 0 Å². The summed E-state index contributed by atoms with van der Waals surface area (Å²) in [6, 6.07) is 21.0. The van der Waals surface area contributed by atoms with Gasteiger partial charge in [-0.05, 0) is 72.0 Å². The quantitative estimate of drug-likeness (QED) is 0.543. The molecule has 1 saturated carbocycles. The van der Waals surface area contributed by atoms with E-state index in [1.165, 1.54) is 21.9 Å². The van der Waals surface area contributed by atoms with Gasteiger partial charge < -0.3 is 15.4 Å². The second kappa shape index (κ2) is 9.29. The van der Waals surface area contributed by atoms with Gasteiger partial charge in [-0.1, -0.05) is 30.3 Å². The fourth-order valence-corrected chi connectivity index (χ4v) is 3.34. The first-order valence-electron chi connectivity index (χ1n) is 9.83. The van der Waals surface area contributed by atoms with E-state index in [4.69, 9.17) is 4.74 Å². The number of hydrogen-bond donors (Lipinski definition) is 2. The molecule has 0 aliphatic heterocycles. The molecular weight excluding hydrogens is 384 g/mol. The topological polar surface area (TPSA) is 50.4 Å². The van der Waals surface area contributed by atoms with E-state index in [1.807, 2.05) is 18.2 Å². The van der Waals surface area contributed by atoms with E-state index < -0.39 is 0 Å². The molecule has 3 aromatic carbocycles. The summed E-state index contributed by atoms with van der Waals surface area (Å²) in [6.45, 7) is 2.95. The fourth-order valence-electron chi connectivity index (χ4n) is 3.34. The smallest absolute Gasteiger partial charge is 0.227 e. The molecule has 0 aromatic heterocycles. The van der Waals surface area contributed by atoms with Crippen molar-refractivity contribution < 1.29 is 9.53 Å². The summed E-state index contributed by atoms with van der Waals surface area (Å²) in [5.41, 5.74) is 3.32. The molecule has 0 saturated heterocycles. The van der Waals surface area contributed by atoms with Crippen LogP contribution in [0.3, 0.4) is 0 Å². The summed E-state index contributed by atoms with van der Waals surface area (Å²) in [5.74, 6) is 1.25. The van der Waals surface area contributed by atoms with E-state index in [-0.39, 0.29) is 30.3 Å². The maximum absolute atomic E-state index is 11.9. The minimum atomic E-state index is 0. The average Bonchev–Trinajstić information content (AvgIpc) is 3.57. The number of carbonyl (C=O) groups excluding carboxylic acids is 1. The molecule has 1 amide bonds. The van der Waals surface area contributed by atoms with E-state index in [2.05, 4.69) is 60.0 Å². The molecule has 152 valence electrons. The zero-order chi connectivity index (χ0) is 19.5. The van der Waals surface area contributed by atoms with Crippen molar-refractivity contribution >= 4 is 34.8 Å². The molecule has 1 unspecified atom stereocenters. The molecule has 1 fully saturated rings. The van der Waals surface area contributed by atoms with Crippen molar-refractivity contribution in [2.45, 2.75) is 32.4 Å². The van der Waals surface area contributed by atoms with Crippen molar-refractivity contribution in [3.05, 3.63) is 71.8 Å². The van der Waals surface area contributed by atoms with Gasteiger partial charge >= 0.3 is 0 Å². The number of nitrogens with one attached hydrogen (secondary N) is 2. The van der Waals surface area contributed by atoms with Crippen LogP contribution in [0.25, 0.3) is 10.8 Å². The Bertz CT molecular complexity index is 984. The molecule has 3 aromatic rings. The number of amides is 1. The van der Waals surface area contributed by atoms with Crippen molar-refractivity contribution in [1.82, 2.24) is 5.32 Å². The maximum Gasteiger partial charge on any atom is 0.227 e. The first-order chi connectivity index (χ1) is 13.6. The highest BCUT2D eigenvalue weighted by atomic mass is 35.5. The lowest BCUT2D eigenvalue weighted by atomic mass is 10.1. The van der Waals surface area contributed by atoms with Crippen LogP contribution in [0.5, 0.6) is 5.75 Å². The lowest BCUT2D eigenvalue weighted by molar-refractivity contribution is -0.117. The van der Waals surface area contributed by atoms with Crippen molar-refractivity contribution in [2.75, 3.05) is 12.4 Å². The number of anilines is 1. The highest BCUT2D eigenvalue weighted by Crippen LogP contribution is 2.30. The molecule has 0 bridgehead atoms. The SMILES string of the molecule is COc1ccc2cc(CNC(C)c3ccc(NC(=O)C4CC4)cc3)ccc2c1.Cl. The van der Waals surface area contributed by atoms with Crippen LogP contribution in [-0.4, -0.2) is 13.0 Å².